The Morgan fingerprint density at radius 3 is 2.48 bits per heavy atom. The molecule has 1 amide bonds. The first-order valence-electron chi connectivity index (χ1n) is 8.02. The van der Waals surface area contributed by atoms with Crippen LogP contribution in [-0.4, -0.2) is 78.2 Å². The maximum atomic E-state index is 12.1. The summed E-state index contributed by atoms with van der Waals surface area (Å²) < 4.78 is 25.8. The van der Waals surface area contributed by atoms with Crippen molar-refractivity contribution in [3.8, 4) is 0 Å². The summed E-state index contributed by atoms with van der Waals surface area (Å²) in [6, 6.07) is -0.851. The number of aliphatic hydroxyl groups is 1. The number of hydrogen-bond acceptors (Lipinski definition) is 11. The Hall–Kier alpha value is -2.05. The number of fused-ring (bicyclic) bond motifs is 1. The SMILES string of the molecule is COC(=O)[C@]1(S)C[C@H]2OC(=O)N[C@H]2C([C@H](OC(C)=O)[C@@H](CO)OC(C)=O)O1. The Bertz CT molecular complexity index is 628. The Balaban J connectivity index is 2.42. The Labute approximate surface area is 160 Å². The second-order valence-corrected chi connectivity index (χ2v) is 6.80. The first kappa shape index (κ1) is 21.3. The fourth-order valence-electron chi connectivity index (χ4n) is 3.09. The van der Waals surface area contributed by atoms with Crippen LogP contribution in [0.3, 0.4) is 0 Å². The molecule has 12 heteroatoms. The molecule has 0 aromatic heterocycles. The van der Waals surface area contributed by atoms with Gasteiger partial charge in [-0.3, -0.25) is 9.59 Å². The molecule has 0 aliphatic carbocycles. The number of ether oxygens (including phenoxy) is 5. The summed E-state index contributed by atoms with van der Waals surface area (Å²) >= 11 is 4.22. The molecule has 2 fully saturated rings. The monoisotopic (exact) mass is 407 g/mol. The van der Waals surface area contributed by atoms with Gasteiger partial charge in [0.2, 0.25) is 4.93 Å². The third-order valence-corrected chi connectivity index (χ3v) is 4.57. The van der Waals surface area contributed by atoms with E-state index in [2.05, 4.69) is 22.7 Å². The first-order valence-corrected chi connectivity index (χ1v) is 8.47. The van der Waals surface area contributed by atoms with Crippen LogP contribution in [-0.2, 0) is 38.1 Å². The summed E-state index contributed by atoms with van der Waals surface area (Å²) in [6.07, 6.45) is -5.66. The third kappa shape index (κ3) is 4.62. The zero-order valence-corrected chi connectivity index (χ0v) is 15.8. The fraction of sp³-hybridized carbons (Fsp3) is 0.733. The van der Waals surface area contributed by atoms with Crippen molar-refractivity contribution in [2.24, 2.45) is 0 Å². The summed E-state index contributed by atoms with van der Waals surface area (Å²) in [5.41, 5.74) is 0. The minimum absolute atomic E-state index is 0.132. The van der Waals surface area contributed by atoms with Gasteiger partial charge >= 0.3 is 24.0 Å². The number of methoxy groups -OCH3 is 1. The molecule has 2 aliphatic heterocycles. The van der Waals surface area contributed by atoms with Gasteiger partial charge in [-0.15, -0.1) is 12.6 Å². The van der Waals surface area contributed by atoms with E-state index in [1.807, 2.05) is 0 Å². The number of carbonyl (C=O) groups excluding carboxylic acids is 4. The van der Waals surface area contributed by atoms with Gasteiger partial charge in [0.15, 0.2) is 12.2 Å². The molecule has 2 rings (SSSR count). The zero-order chi connectivity index (χ0) is 20.4. The molecule has 2 heterocycles. The Morgan fingerprint density at radius 2 is 1.96 bits per heavy atom. The van der Waals surface area contributed by atoms with Crippen molar-refractivity contribution < 1.29 is 48.0 Å². The van der Waals surface area contributed by atoms with Crippen LogP contribution < -0.4 is 5.32 Å². The van der Waals surface area contributed by atoms with Crippen LogP contribution >= 0.6 is 12.6 Å². The number of alkyl carbamates (subject to hydrolysis) is 1. The predicted molar refractivity (Wildman–Crippen MR) is 88.6 cm³/mol. The van der Waals surface area contributed by atoms with Crippen molar-refractivity contribution in [2.75, 3.05) is 13.7 Å². The molecular formula is C15H21NO10S. The standard InChI is InChI=1S/C15H21NO10S/c1-6(18)23-9(5-17)11(24-7(2)19)12-10-8(25-14(21)16-10)4-15(27,26-12)13(20)22-3/h8-12,17,27H,4-5H2,1-3H3,(H,16,21)/t8-,9-,10-,11-,12?,15-/m1/s1. The van der Waals surface area contributed by atoms with Crippen LogP contribution in [0.4, 0.5) is 4.79 Å². The average Bonchev–Trinajstić information content (AvgIpc) is 2.95. The molecule has 152 valence electrons. The van der Waals surface area contributed by atoms with Crippen LogP contribution in [0.1, 0.15) is 20.3 Å². The van der Waals surface area contributed by atoms with Gasteiger partial charge in [-0.25, -0.2) is 9.59 Å². The molecule has 0 spiro atoms. The average molecular weight is 407 g/mol. The van der Waals surface area contributed by atoms with E-state index in [-0.39, 0.29) is 6.42 Å². The highest BCUT2D eigenvalue weighted by Crippen LogP contribution is 2.39. The minimum Gasteiger partial charge on any atom is -0.466 e. The largest absolute Gasteiger partial charge is 0.466 e. The molecule has 2 saturated heterocycles. The molecule has 0 bridgehead atoms. The molecule has 0 radical (unpaired) electrons. The quantitative estimate of drug-likeness (QED) is 0.282. The second kappa shape index (κ2) is 8.31. The van der Waals surface area contributed by atoms with Gasteiger partial charge in [0.1, 0.15) is 12.2 Å². The van der Waals surface area contributed by atoms with Gasteiger partial charge < -0.3 is 34.1 Å². The first-order chi connectivity index (χ1) is 12.6. The lowest BCUT2D eigenvalue weighted by Crippen LogP contribution is -2.64. The lowest BCUT2D eigenvalue weighted by atomic mass is 9.90. The lowest BCUT2D eigenvalue weighted by Gasteiger charge is -2.44. The van der Waals surface area contributed by atoms with Crippen molar-refractivity contribution in [3.63, 3.8) is 0 Å². The van der Waals surface area contributed by atoms with E-state index in [0.29, 0.717) is 0 Å². The van der Waals surface area contributed by atoms with Crippen molar-refractivity contribution in [2.45, 2.75) is 55.7 Å². The number of hydrogen-bond donors (Lipinski definition) is 3. The van der Waals surface area contributed by atoms with E-state index in [4.69, 9.17) is 18.9 Å². The maximum Gasteiger partial charge on any atom is 0.407 e. The normalized spacial score (nSPS) is 31.6. The molecule has 0 aromatic carbocycles. The predicted octanol–water partition coefficient (Wildman–Crippen LogP) is -1.09. The topological polar surface area (TPSA) is 147 Å². The van der Waals surface area contributed by atoms with Gasteiger partial charge in [-0.05, 0) is 0 Å². The van der Waals surface area contributed by atoms with Crippen LogP contribution in [0.25, 0.3) is 0 Å². The number of rotatable bonds is 6. The summed E-state index contributed by atoms with van der Waals surface area (Å²) in [4.78, 5) is 44.9. The second-order valence-electron chi connectivity index (χ2n) is 6.08. The van der Waals surface area contributed by atoms with Crippen LogP contribution in [0.15, 0.2) is 0 Å². The van der Waals surface area contributed by atoms with Crippen molar-refractivity contribution >= 4 is 36.6 Å². The van der Waals surface area contributed by atoms with Gasteiger partial charge in [-0.2, -0.15) is 0 Å². The van der Waals surface area contributed by atoms with E-state index in [0.717, 1.165) is 21.0 Å². The Kier molecular flexibility index (Phi) is 6.54. The number of carbonyl (C=O) groups is 4. The smallest absolute Gasteiger partial charge is 0.407 e. The molecular weight excluding hydrogens is 386 g/mol. The highest BCUT2D eigenvalue weighted by Gasteiger charge is 2.58. The number of aliphatic hydroxyl groups excluding tert-OH is 1. The van der Waals surface area contributed by atoms with Gasteiger partial charge in [-0.1, -0.05) is 0 Å². The highest BCUT2D eigenvalue weighted by atomic mass is 32.1. The molecule has 2 N–H and O–H groups in total. The molecule has 27 heavy (non-hydrogen) atoms. The van der Waals surface area contributed by atoms with Crippen molar-refractivity contribution in [1.82, 2.24) is 5.32 Å². The van der Waals surface area contributed by atoms with Crippen molar-refractivity contribution in [1.29, 1.82) is 0 Å². The van der Waals surface area contributed by atoms with Gasteiger partial charge in [0, 0.05) is 20.3 Å². The maximum absolute atomic E-state index is 12.1. The number of nitrogens with one attached hydrogen (secondary N) is 1. The summed E-state index contributed by atoms with van der Waals surface area (Å²) in [5, 5.41) is 12.1. The van der Waals surface area contributed by atoms with E-state index < -0.39 is 66.0 Å². The van der Waals surface area contributed by atoms with Crippen LogP contribution in [0.2, 0.25) is 0 Å². The van der Waals surface area contributed by atoms with Crippen LogP contribution in [0.5, 0.6) is 0 Å². The molecule has 11 nitrogen and oxygen atoms in total. The fourth-order valence-corrected chi connectivity index (χ4v) is 3.48. The molecule has 0 saturated carbocycles. The molecule has 6 atom stereocenters. The molecule has 2 aliphatic rings. The van der Waals surface area contributed by atoms with E-state index in [1.165, 1.54) is 0 Å². The van der Waals surface area contributed by atoms with Gasteiger partial charge in [0.05, 0.1) is 19.8 Å². The van der Waals surface area contributed by atoms with Crippen molar-refractivity contribution in [3.05, 3.63) is 0 Å². The lowest BCUT2D eigenvalue weighted by molar-refractivity contribution is -0.213. The number of thiol groups is 1. The van der Waals surface area contributed by atoms with Gasteiger partial charge in [0.25, 0.3) is 0 Å². The van der Waals surface area contributed by atoms with E-state index in [1.54, 1.807) is 0 Å². The third-order valence-electron chi connectivity index (χ3n) is 4.10. The molecule has 0 aromatic rings. The number of amides is 1. The van der Waals surface area contributed by atoms with Crippen LogP contribution in [0, 0.1) is 0 Å². The molecule has 1 unspecified atom stereocenters. The highest BCUT2D eigenvalue weighted by molar-refractivity contribution is 7.82. The Morgan fingerprint density at radius 1 is 1.33 bits per heavy atom. The minimum atomic E-state index is -1.82. The van der Waals surface area contributed by atoms with E-state index >= 15 is 0 Å². The number of esters is 3. The summed E-state index contributed by atoms with van der Waals surface area (Å²) in [6.45, 7) is 1.50. The summed E-state index contributed by atoms with van der Waals surface area (Å²) in [7, 11) is 1.13. The zero-order valence-electron chi connectivity index (χ0n) is 14.9. The van der Waals surface area contributed by atoms with E-state index in [9.17, 15) is 24.3 Å². The summed E-state index contributed by atoms with van der Waals surface area (Å²) in [5.74, 6) is -2.35.